The minimum absolute atomic E-state index is 0.0166. The molecule has 0 aliphatic heterocycles. The third-order valence-electron chi connectivity index (χ3n) is 4.29. The van der Waals surface area contributed by atoms with Crippen LogP contribution in [0.5, 0.6) is 0 Å². The minimum Gasteiger partial charge on any atom is -0.344 e. The number of hydrogen-bond donors (Lipinski definition) is 2. The predicted octanol–water partition coefficient (Wildman–Crippen LogP) is 3.04. The molecule has 3 rings (SSSR count). The third-order valence-corrected chi connectivity index (χ3v) is 4.29. The fraction of sp³-hybridized carbons (Fsp3) is 0.471. The average Bonchev–Trinajstić information content (AvgIpc) is 2.96. The first-order chi connectivity index (χ1) is 10.6. The summed E-state index contributed by atoms with van der Waals surface area (Å²) < 4.78 is 0. The first kappa shape index (κ1) is 14.8. The van der Waals surface area contributed by atoms with Crippen molar-refractivity contribution < 1.29 is 4.79 Å². The molecule has 22 heavy (non-hydrogen) atoms. The minimum atomic E-state index is -0.0623. The zero-order valence-corrected chi connectivity index (χ0v) is 13.3. The molecular weight excluding hydrogens is 276 g/mol. The van der Waals surface area contributed by atoms with Crippen LogP contribution < -0.4 is 5.32 Å². The molecule has 0 spiro atoms. The van der Waals surface area contributed by atoms with Gasteiger partial charge in [-0.05, 0) is 49.8 Å². The van der Waals surface area contributed by atoms with Gasteiger partial charge < -0.3 is 5.32 Å². The smallest absolute Gasteiger partial charge is 0.253 e. The van der Waals surface area contributed by atoms with Crippen LogP contribution in [-0.4, -0.2) is 21.1 Å². The van der Waals surface area contributed by atoms with Crippen LogP contribution in [0.1, 0.15) is 71.7 Å². The number of carbonyl (C=O) groups excluding carboxylic acids is 1. The number of H-pyrrole nitrogens is 1. The van der Waals surface area contributed by atoms with E-state index in [2.05, 4.69) is 34.3 Å². The Bertz CT molecular complexity index is 690. The number of aromatic nitrogens is 3. The second kappa shape index (κ2) is 5.91. The Morgan fingerprint density at radius 3 is 2.95 bits per heavy atom. The maximum atomic E-state index is 12.6. The van der Waals surface area contributed by atoms with E-state index in [9.17, 15) is 4.79 Å². The molecule has 2 aromatic heterocycles. The number of amides is 1. The molecule has 116 valence electrons. The van der Waals surface area contributed by atoms with Crippen LogP contribution in [-0.2, 0) is 6.42 Å². The van der Waals surface area contributed by atoms with E-state index in [0.717, 1.165) is 36.3 Å². The van der Waals surface area contributed by atoms with Crippen LogP contribution in [0.4, 0.5) is 0 Å². The van der Waals surface area contributed by atoms with E-state index in [1.54, 1.807) is 0 Å². The molecule has 1 amide bonds. The lowest BCUT2D eigenvalue weighted by Gasteiger charge is -2.23. The van der Waals surface area contributed by atoms with Gasteiger partial charge >= 0.3 is 0 Å². The largest absolute Gasteiger partial charge is 0.344 e. The first-order valence-corrected chi connectivity index (χ1v) is 7.87. The number of rotatable bonds is 3. The Hall–Kier alpha value is -2.17. The average molecular weight is 298 g/mol. The Morgan fingerprint density at radius 2 is 2.23 bits per heavy atom. The van der Waals surface area contributed by atoms with Crippen LogP contribution in [0, 0.1) is 6.92 Å². The topological polar surface area (TPSA) is 70.7 Å². The number of fused-ring (bicyclic) bond motifs is 1. The van der Waals surface area contributed by atoms with Gasteiger partial charge in [-0.25, -0.2) is 0 Å². The molecule has 1 atom stereocenters. The van der Waals surface area contributed by atoms with Gasteiger partial charge in [0.15, 0.2) is 0 Å². The van der Waals surface area contributed by atoms with E-state index in [-0.39, 0.29) is 11.9 Å². The fourth-order valence-electron chi connectivity index (χ4n) is 2.99. The van der Waals surface area contributed by atoms with Gasteiger partial charge in [0.25, 0.3) is 5.91 Å². The number of nitrogens with one attached hydrogen (secondary N) is 2. The SMILES string of the molecule is Cc1nc(C(C)C)ccc1C(=O)NC1CCCc2cn[nH]c21. The summed E-state index contributed by atoms with van der Waals surface area (Å²) in [6, 6.07) is 3.83. The Kier molecular flexibility index (Phi) is 3.96. The Balaban J connectivity index is 1.79. The molecule has 5 heteroatoms. The van der Waals surface area contributed by atoms with Crippen molar-refractivity contribution >= 4 is 5.91 Å². The summed E-state index contributed by atoms with van der Waals surface area (Å²) in [5.41, 5.74) is 4.70. The lowest BCUT2D eigenvalue weighted by molar-refractivity contribution is 0.0930. The maximum Gasteiger partial charge on any atom is 0.253 e. The number of pyridine rings is 1. The lowest BCUT2D eigenvalue weighted by Crippen LogP contribution is -2.31. The number of carbonyl (C=O) groups is 1. The molecule has 0 aromatic carbocycles. The fourth-order valence-corrected chi connectivity index (χ4v) is 2.99. The van der Waals surface area contributed by atoms with E-state index in [0.29, 0.717) is 11.5 Å². The zero-order chi connectivity index (χ0) is 15.7. The van der Waals surface area contributed by atoms with E-state index in [1.165, 1.54) is 5.56 Å². The molecule has 2 aromatic rings. The second-order valence-corrected chi connectivity index (χ2v) is 6.25. The summed E-state index contributed by atoms with van der Waals surface area (Å²) in [4.78, 5) is 17.1. The van der Waals surface area contributed by atoms with Crippen molar-refractivity contribution in [3.05, 3.63) is 46.5 Å². The highest BCUT2D eigenvalue weighted by molar-refractivity contribution is 5.95. The summed E-state index contributed by atoms with van der Waals surface area (Å²) in [6.45, 7) is 6.09. The maximum absolute atomic E-state index is 12.6. The van der Waals surface area contributed by atoms with E-state index in [1.807, 2.05) is 25.3 Å². The van der Waals surface area contributed by atoms with Gasteiger partial charge in [0, 0.05) is 5.69 Å². The van der Waals surface area contributed by atoms with Crippen molar-refractivity contribution in [3.63, 3.8) is 0 Å². The third kappa shape index (κ3) is 2.75. The van der Waals surface area contributed by atoms with Gasteiger partial charge in [0.2, 0.25) is 0 Å². The van der Waals surface area contributed by atoms with Crippen LogP contribution in [0.2, 0.25) is 0 Å². The zero-order valence-electron chi connectivity index (χ0n) is 13.3. The van der Waals surface area contributed by atoms with E-state index < -0.39 is 0 Å². The lowest BCUT2D eigenvalue weighted by atomic mass is 9.93. The van der Waals surface area contributed by atoms with Gasteiger partial charge in [-0.1, -0.05) is 13.8 Å². The molecule has 0 saturated carbocycles. The molecule has 0 bridgehead atoms. The van der Waals surface area contributed by atoms with Crippen molar-refractivity contribution in [1.82, 2.24) is 20.5 Å². The molecule has 1 aliphatic rings. The normalized spacial score (nSPS) is 17.4. The summed E-state index contributed by atoms with van der Waals surface area (Å²) in [7, 11) is 0. The van der Waals surface area contributed by atoms with Crippen LogP contribution in [0.15, 0.2) is 18.3 Å². The summed E-state index contributed by atoms with van der Waals surface area (Å²) in [6.07, 6.45) is 4.90. The Morgan fingerprint density at radius 1 is 1.41 bits per heavy atom. The number of nitrogens with zero attached hydrogens (tertiary/aromatic N) is 2. The van der Waals surface area contributed by atoms with Crippen LogP contribution in [0.25, 0.3) is 0 Å². The molecule has 0 saturated heterocycles. The van der Waals surface area contributed by atoms with Crippen molar-refractivity contribution in [2.75, 3.05) is 0 Å². The molecular formula is C17H22N4O. The number of aromatic amines is 1. The van der Waals surface area contributed by atoms with Crippen molar-refractivity contribution in [3.8, 4) is 0 Å². The quantitative estimate of drug-likeness (QED) is 0.915. The number of aryl methyl sites for hydroxylation is 2. The van der Waals surface area contributed by atoms with Gasteiger partial charge in [0.1, 0.15) is 0 Å². The molecule has 2 heterocycles. The van der Waals surface area contributed by atoms with Crippen molar-refractivity contribution in [2.45, 2.75) is 52.0 Å². The molecule has 1 aliphatic carbocycles. The molecule has 5 nitrogen and oxygen atoms in total. The highest BCUT2D eigenvalue weighted by atomic mass is 16.1. The molecule has 0 radical (unpaired) electrons. The standard InChI is InChI=1S/C17H22N4O/c1-10(2)14-8-7-13(11(3)19-14)17(22)20-15-6-4-5-12-9-18-21-16(12)15/h7-10,15H,4-6H2,1-3H3,(H,18,21)(H,20,22). The number of hydrogen-bond acceptors (Lipinski definition) is 3. The molecule has 1 unspecified atom stereocenters. The van der Waals surface area contributed by atoms with Crippen molar-refractivity contribution in [1.29, 1.82) is 0 Å². The van der Waals surface area contributed by atoms with E-state index in [4.69, 9.17) is 0 Å². The monoisotopic (exact) mass is 298 g/mol. The highest BCUT2D eigenvalue weighted by Crippen LogP contribution is 2.28. The van der Waals surface area contributed by atoms with Gasteiger partial charge in [-0.2, -0.15) is 5.10 Å². The van der Waals surface area contributed by atoms with Gasteiger partial charge in [-0.3, -0.25) is 14.9 Å². The highest BCUT2D eigenvalue weighted by Gasteiger charge is 2.24. The summed E-state index contributed by atoms with van der Waals surface area (Å²) in [5.74, 6) is 0.300. The van der Waals surface area contributed by atoms with Crippen LogP contribution >= 0.6 is 0 Å². The van der Waals surface area contributed by atoms with Gasteiger partial charge in [-0.15, -0.1) is 0 Å². The van der Waals surface area contributed by atoms with Crippen molar-refractivity contribution in [2.24, 2.45) is 0 Å². The summed E-state index contributed by atoms with van der Waals surface area (Å²) >= 11 is 0. The summed E-state index contributed by atoms with van der Waals surface area (Å²) in [5, 5.41) is 10.2. The van der Waals surface area contributed by atoms with E-state index >= 15 is 0 Å². The Labute approximate surface area is 130 Å². The predicted molar refractivity (Wildman–Crippen MR) is 84.8 cm³/mol. The first-order valence-electron chi connectivity index (χ1n) is 7.87. The molecule has 2 N–H and O–H groups in total. The van der Waals surface area contributed by atoms with Gasteiger partial charge in [0.05, 0.1) is 29.2 Å². The van der Waals surface area contributed by atoms with Crippen LogP contribution in [0.3, 0.4) is 0 Å². The second-order valence-electron chi connectivity index (χ2n) is 6.25. The molecule has 0 fully saturated rings.